The lowest BCUT2D eigenvalue weighted by atomic mass is 9.90. The topological polar surface area (TPSA) is 55.8 Å². The van der Waals surface area contributed by atoms with Crippen molar-refractivity contribution in [3.05, 3.63) is 24.3 Å². The van der Waals surface area contributed by atoms with Crippen molar-refractivity contribution in [2.45, 2.75) is 212 Å². The number of ether oxygens (including phenoxy) is 2. The molecule has 0 saturated carbocycles. The third-order valence-electron chi connectivity index (χ3n) is 10.1. The number of unbranched alkanes of at least 4 members (excludes halogenated alkanes) is 17. The van der Waals surface area contributed by atoms with Gasteiger partial charge in [-0.3, -0.25) is 9.59 Å². The van der Waals surface area contributed by atoms with Gasteiger partial charge in [0.1, 0.15) is 13.2 Å². The molecule has 0 aliphatic rings. The second-order valence-corrected chi connectivity index (χ2v) is 15.8. The molecular formula is C45H81F4NO4. The number of halogens is 4. The average molecular weight is 776 g/mol. The molecule has 0 radical (unpaired) electrons. The van der Waals surface area contributed by atoms with Crippen LogP contribution in [-0.2, 0) is 19.1 Å². The van der Waals surface area contributed by atoms with E-state index < -0.39 is 11.8 Å². The summed E-state index contributed by atoms with van der Waals surface area (Å²) >= 11 is 0. The molecular weight excluding hydrogens is 694 g/mol. The SMILES string of the molecule is CCCCCCCC(F)(F)/C=C\COC(=O)CCCCCCCC(CCCCCCCC(=O)OC/C=C\C(F)(F)CCCCCCC)CCCCN(C)C. The molecule has 0 amide bonds. The Balaban J connectivity index is 4.12. The van der Waals surface area contributed by atoms with Gasteiger partial charge in [0.15, 0.2) is 0 Å². The molecule has 0 bridgehead atoms. The van der Waals surface area contributed by atoms with Crippen molar-refractivity contribution in [2.75, 3.05) is 33.9 Å². The Morgan fingerprint density at radius 3 is 1.28 bits per heavy atom. The molecule has 0 aromatic rings. The minimum atomic E-state index is -2.84. The van der Waals surface area contributed by atoms with Gasteiger partial charge >= 0.3 is 11.9 Å². The third kappa shape index (κ3) is 37.0. The predicted octanol–water partition coefficient (Wildman–Crippen LogP) is 14.0. The second-order valence-electron chi connectivity index (χ2n) is 15.8. The van der Waals surface area contributed by atoms with Gasteiger partial charge in [-0.1, -0.05) is 142 Å². The number of hydrogen-bond acceptors (Lipinski definition) is 5. The van der Waals surface area contributed by atoms with Crippen molar-refractivity contribution in [3.63, 3.8) is 0 Å². The zero-order valence-corrected chi connectivity index (χ0v) is 35.1. The molecule has 318 valence electrons. The van der Waals surface area contributed by atoms with Crippen LogP contribution in [0, 0.1) is 5.92 Å². The van der Waals surface area contributed by atoms with Gasteiger partial charge in [0.25, 0.3) is 11.8 Å². The van der Waals surface area contributed by atoms with E-state index in [1.807, 2.05) is 0 Å². The van der Waals surface area contributed by atoms with Crippen molar-refractivity contribution in [1.29, 1.82) is 0 Å². The first kappa shape index (κ1) is 52.1. The molecule has 0 aromatic heterocycles. The summed E-state index contributed by atoms with van der Waals surface area (Å²) in [6, 6.07) is 0. The second kappa shape index (κ2) is 35.5. The summed E-state index contributed by atoms with van der Waals surface area (Å²) in [5.41, 5.74) is 0. The molecule has 0 unspecified atom stereocenters. The number of nitrogens with zero attached hydrogens (tertiary/aromatic N) is 1. The Labute approximate surface area is 328 Å². The van der Waals surface area contributed by atoms with E-state index in [2.05, 4.69) is 32.8 Å². The fourth-order valence-electron chi connectivity index (χ4n) is 6.72. The standard InChI is InChI=1S/C45H81F4NO4/c1-5-7-9-17-24-34-44(46,47)36-27-39-53-42(51)32-21-15-11-13-19-29-41(31-23-26-38-50(3)4)30-20-14-12-16-22-33-43(52)54-40-28-37-45(48,49)35-25-18-10-8-6-2/h27-28,36-37,41H,5-26,29-35,38-40H2,1-4H3/b36-27-,37-28-. The Hall–Kier alpha value is -1.90. The summed E-state index contributed by atoms with van der Waals surface area (Å²) in [7, 11) is 4.23. The van der Waals surface area contributed by atoms with Crippen molar-refractivity contribution in [2.24, 2.45) is 5.92 Å². The average Bonchev–Trinajstić information content (AvgIpc) is 3.12. The van der Waals surface area contributed by atoms with Crippen molar-refractivity contribution < 1.29 is 36.6 Å². The maximum Gasteiger partial charge on any atom is 0.306 e. The molecule has 0 fully saturated rings. The normalized spacial score (nSPS) is 12.6. The maximum absolute atomic E-state index is 13.9. The van der Waals surface area contributed by atoms with E-state index in [9.17, 15) is 27.2 Å². The highest BCUT2D eigenvalue weighted by Gasteiger charge is 2.24. The molecule has 0 heterocycles. The predicted molar refractivity (Wildman–Crippen MR) is 217 cm³/mol. The molecule has 0 rings (SSSR count). The van der Waals surface area contributed by atoms with Crippen LogP contribution in [-0.4, -0.2) is 62.5 Å². The Morgan fingerprint density at radius 1 is 0.519 bits per heavy atom. The number of carbonyl (C=O) groups is 2. The lowest BCUT2D eigenvalue weighted by Gasteiger charge is -2.18. The summed E-state index contributed by atoms with van der Waals surface area (Å²) < 4.78 is 66.0. The number of rotatable bonds is 39. The van der Waals surface area contributed by atoms with Crippen molar-refractivity contribution in [3.8, 4) is 0 Å². The minimum absolute atomic E-state index is 0.0974. The summed E-state index contributed by atoms with van der Waals surface area (Å²) in [5, 5.41) is 0. The van der Waals surface area contributed by atoms with Crippen LogP contribution in [0.4, 0.5) is 17.6 Å². The van der Waals surface area contributed by atoms with Gasteiger partial charge in [-0.15, -0.1) is 0 Å². The van der Waals surface area contributed by atoms with E-state index in [0.29, 0.717) is 25.7 Å². The number of alkyl halides is 4. The zero-order valence-electron chi connectivity index (χ0n) is 35.1. The third-order valence-corrected chi connectivity index (χ3v) is 10.1. The summed E-state index contributed by atoms with van der Waals surface area (Å²) in [6.07, 6.45) is 30.1. The summed E-state index contributed by atoms with van der Waals surface area (Å²) in [6.45, 7) is 5.12. The Bertz CT molecular complexity index is 875. The largest absolute Gasteiger partial charge is 0.461 e. The number of carbonyl (C=O) groups excluding carboxylic acids is 2. The van der Waals surface area contributed by atoms with Crippen LogP contribution >= 0.6 is 0 Å². The lowest BCUT2D eigenvalue weighted by molar-refractivity contribution is -0.143. The van der Waals surface area contributed by atoms with Crippen LogP contribution in [0.3, 0.4) is 0 Å². The zero-order chi connectivity index (χ0) is 40.2. The van der Waals surface area contributed by atoms with Gasteiger partial charge in [0.2, 0.25) is 0 Å². The van der Waals surface area contributed by atoms with Crippen molar-refractivity contribution >= 4 is 11.9 Å². The summed E-state index contributed by atoms with van der Waals surface area (Å²) in [4.78, 5) is 26.3. The van der Waals surface area contributed by atoms with E-state index in [1.165, 1.54) is 57.1 Å². The Kier molecular flexibility index (Phi) is 34.3. The monoisotopic (exact) mass is 776 g/mol. The number of allylic oxidation sites excluding steroid dienone is 2. The molecule has 0 saturated heterocycles. The highest BCUT2D eigenvalue weighted by molar-refractivity contribution is 5.69. The first-order valence-corrected chi connectivity index (χ1v) is 22.0. The quantitative estimate of drug-likeness (QED) is 0.0269. The molecule has 9 heteroatoms. The van der Waals surface area contributed by atoms with Gasteiger partial charge in [-0.25, -0.2) is 17.6 Å². The lowest BCUT2D eigenvalue weighted by Crippen LogP contribution is -2.13. The van der Waals surface area contributed by atoms with E-state index in [0.717, 1.165) is 127 Å². The fraction of sp³-hybridized carbons (Fsp3) is 0.867. The molecule has 0 aromatic carbocycles. The van der Waals surface area contributed by atoms with Gasteiger partial charge in [-0.05, 0) is 83.0 Å². The van der Waals surface area contributed by atoms with Crippen LogP contribution < -0.4 is 0 Å². The first-order chi connectivity index (χ1) is 25.9. The minimum Gasteiger partial charge on any atom is -0.461 e. The first-order valence-electron chi connectivity index (χ1n) is 22.0. The van der Waals surface area contributed by atoms with Crippen molar-refractivity contribution in [1.82, 2.24) is 4.90 Å². The molecule has 0 atom stereocenters. The van der Waals surface area contributed by atoms with Gasteiger partial charge in [-0.2, -0.15) is 0 Å². The highest BCUT2D eigenvalue weighted by atomic mass is 19.3. The molecule has 5 nitrogen and oxygen atoms in total. The number of hydrogen-bond donors (Lipinski definition) is 0. The highest BCUT2D eigenvalue weighted by Crippen LogP contribution is 2.26. The van der Waals surface area contributed by atoms with E-state index >= 15 is 0 Å². The molecule has 0 N–H and O–H groups in total. The maximum atomic E-state index is 13.9. The van der Waals surface area contributed by atoms with Crippen LogP contribution in [0.15, 0.2) is 24.3 Å². The van der Waals surface area contributed by atoms with E-state index in [4.69, 9.17) is 9.47 Å². The fourth-order valence-corrected chi connectivity index (χ4v) is 6.72. The van der Waals surface area contributed by atoms with E-state index in [1.54, 1.807) is 0 Å². The van der Waals surface area contributed by atoms with Gasteiger partial charge in [0.05, 0.1) is 0 Å². The number of esters is 2. The van der Waals surface area contributed by atoms with Crippen LogP contribution in [0.1, 0.15) is 200 Å². The van der Waals surface area contributed by atoms with Crippen LogP contribution in [0.5, 0.6) is 0 Å². The molecule has 54 heavy (non-hydrogen) atoms. The van der Waals surface area contributed by atoms with E-state index in [-0.39, 0.29) is 38.0 Å². The molecule has 0 aliphatic heterocycles. The smallest absolute Gasteiger partial charge is 0.306 e. The van der Waals surface area contributed by atoms with Crippen LogP contribution in [0.2, 0.25) is 0 Å². The van der Waals surface area contributed by atoms with Gasteiger partial charge < -0.3 is 14.4 Å². The molecule has 0 aliphatic carbocycles. The van der Waals surface area contributed by atoms with Gasteiger partial charge in [0, 0.05) is 25.7 Å². The Morgan fingerprint density at radius 2 is 0.870 bits per heavy atom. The summed E-state index contributed by atoms with van der Waals surface area (Å²) in [5.74, 6) is -5.61. The molecule has 0 spiro atoms. The van der Waals surface area contributed by atoms with Crippen LogP contribution in [0.25, 0.3) is 0 Å².